The van der Waals surface area contributed by atoms with Crippen molar-refractivity contribution >= 4 is 11.6 Å². The van der Waals surface area contributed by atoms with Gasteiger partial charge in [0.05, 0.1) is 0 Å². The third-order valence-electron chi connectivity index (χ3n) is 3.28. The van der Waals surface area contributed by atoms with Crippen molar-refractivity contribution in [3.8, 4) is 0 Å². The summed E-state index contributed by atoms with van der Waals surface area (Å²) in [5.41, 5.74) is 11.3. The first-order valence-corrected chi connectivity index (χ1v) is 6.52. The molecule has 0 radical (unpaired) electrons. The number of benzene rings is 2. The minimum Gasteiger partial charge on any atom is -0.324 e. The summed E-state index contributed by atoms with van der Waals surface area (Å²) in [4.78, 5) is 0. The topological polar surface area (TPSA) is 26.0 Å². The lowest BCUT2D eigenvalue weighted by Gasteiger charge is -2.17. The third-order valence-corrected chi connectivity index (χ3v) is 3.53. The van der Waals surface area contributed by atoms with Gasteiger partial charge < -0.3 is 5.73 Å². The lowest BCUT2D eigenvalue weighted by molar-refractivity contribution is 0.711. The molecule has 1 unspecified atom stereocenters. The Morgan fingerprint density at radius 1 is 1.00 bits per heavy atom. The Kier molecular flexibility index (Phi) is 4.05. The number of hydrogen-bond donors (Lipinski definition) is 1. The van der Waals surface area contributed by atoms with E-state index >= 15 is 0 Å². The highest BCUT2D eigenvalue weighted by atomic mass is 35.5. The second-order valence-electron chi connectivity index (χ2n) is 4.74. The second-order valence-corrected chi connectivity index (χ2v) is 5.18. The summed E-state index contributed by atoms with van der Waals surface area (Å²) in [6.07, 6.45) is 0.836. The zero-order valence-corrected chi connectivity index (χ0v) is 11.5. The average Bonchev–Trinajstić information content (AvgIpc) is 2.32. The molecule has 1 atom stereocenters. The zero-order chi connectivity index (χ0) is 13.1. The smallest absolute Gasteiger partial charge is 0.0406 e. The van der Waals surface area contributed by atoms with Crippen molar-refractivity contribution in [3.63, 3.8) is 0 Å². The van der Waals surface area contributed by atoms with Crippen molar-refractivity contribution in [3.05, 3.63) is 69.7 Å². The number of hydrogen-bond acceptors (Lipinski definition) is 1. The van der Waals surface area contributed by atoms with Crippen molar-refractivity contribution < 1.29 is 0 Å². The van der Waals surface area contributed by atoms with Gasteiger partial charge in [-0.25, -0.2) is 0 Å². The van der Waals surface area contributed by atoms with Crippen molar-refractivity contribution in [1.82, 2.24) is 0 Å². The minimum atomic E-state index is 0.0346. The fourth-order valence-electron chi connectivity index (χ4n) is 2.39. The molecular formula is C16H18ClN. The minimum absolute atomic E-state index is 0.0346. The average molecular weight is 260 g/mol. The maximum atomic E-state index is 6.33. The van der Waals surface area contributed by atoms with Crippen LogP contribution in [0.4, 0.5) is 0 Å². The first-order valence-electron chi connectivity index (χ1n) is 6.14. The summed E-state index contributed by atoms with van der Waals surface area (Å²) in [6, 6.07) is 14.2. The largest absolute Gasteiger partial charge is 0.324 e. The summed E-state index contributed by atoms with van der Waals surface area (Å²) in [5, 5.41) is 0.763. The van der Waals surface area contributed by atoms with Gasteiger partial charge in [0.25, 0.3) is 0 Å². The van der Waals surface area contributed by atoms with E-state index in [1.54, 1.807) is 0 Å². The Labute approximate surface area is 114 Å². The van der Waals surface area contributed by atoms with Crippen LogP contribution < -0.4 is 5.73 Å². The number of nitrogens with two attached hydrogens (primary N) is 1. The first-order chi connectivity index (χ1) is 8.58. The predicted molar refractivity (Wildman–Crippen MR) is 78.0 cm³/mol. The fraction of sp³-hybridized carbons (Fsp3) is 0.250. The molecule has 0 fully saturated rings. The van der Waals surface area contributed by atoms with Crippen LogP contribution in [0.2, 0.25) is 5.02 Å². The van der Waals surface area contributed by atoms with Crippen LogP contribution in [0, 0.1) is 13.8 Å². The molecule has 2 heteroatoms. The summed E-state index contributed by atoms with van der Waals surface area (Å²) < 4.78 is 0. The third kappa shape index (κ3) is 2.92. The molecule has 1 nitrogen and oxygen atoms in total. The van der Waals surface area contributed by atoms with E-state index in [4.69, 9.17) is 17.3 Å². The number of aryl methyl sites for hydroxylation is 2. The Balaban J connectivity index is 2.22. The van der Waals surface area contributed by atoms with Gasteiger partial charge in [-0.2, -0.15) is 0 Å². The van der Waals surface area contributed by atoms with E-state index in [9.17, 15) is 0 Å². The van der Waals surface area contributed by atoms with Gasteiger partial charge in [0.1, 0.15) is 0 Å². The summed E-state index contributed by atoms with van der Waals surface area (Å²) in [5.74, 6) is 0. The Morgan fingerprint density at radius 3 is 2.11 bits per heavy atom. The Morgan fingerprint density at radius 2 is 1.56 bits per heavy atom. The van der Waals surface area contributed by atoms with Crippen LogP contribution in [0.15, 0.2) is 42.5 Å². The highest BCUT2D eigenvalue weighted by molar-refractivity contribution is 6.30. The fourth-order valence-corrected chi connectivity index (χ4v) is 2.51. The van der Waals surface area contributed by atoms with E-state index in [1.165, 1.54) is 22.3 Å². The molecule has 0 amide bonds. The summed E-state index contributed by atoms with van der Waals surface area (Å²) >= 11 is 5.88. The SMILES string of the molecule is Cc1cccc(C)c1C(N)Cc1ccc(Cl)cc1. The van der Waals surface area contributed by atoms with Gasteiger partial charge in [-0.3, -0.25) is 0 Å². The molecule has 0 saturated heterocycles. The van der Waals surface area contributed by atoms with E-state index in [0.29, 0.717) is 0 Å². The van der Waals surface area contributed by atoms with Crippen molar-refractivity contribution in [2.45, 2.75) is 26.3 Å². The van der Waals surface area contributed by atoms with Crippen molar-refractivity contribution in [2.24, 2.45) is 5.73 Å². The molecule has 2 aromatic rings. The Bertz CT molecular complexity index is 511. The van der Waals surface area contributed by atoms with E-state index < -0.39 is 0 Å². The van der Waals surface area contributed by atoms with Crippen LogP contribution in [0.25, 0.3) is 0 Å². The molecule has 0 aliphatic carbocycles. The molecule has 94 valence electrons. The van der Waals surface area contributed by atoms with E-state index in [2.05, 4.69) is 32.0 Å². The lowest BCUT2D eigenvalue weighted by atomic mass is 9.92. The Hall–Kier alpha value is -1.31. The molecule has 0 aliphatic rings. The standard InChI is InChI=1S/C16H18ClN/c1-11-4-3-5-12(2)16(11)15(18)10-13-6-8-14(17)9-7-13/h3-9,15H,10,18H2,1-2H3. The molecule has 0 aromatic heterocycles. The van der Waals surface area contributed by atoms with Gasteiger partial charge in [0.2, 0.25) is 0 Å². The summed E-state index contributed by atoms with van der Waals surface area (Å²) in [6.45, 7) is 4.23. The van der Waals surface area contributed by atoms with Crippen LogP contribution >= 0.6 is 11.6 Å². The molecule has 2 N–H and O–H groups in total. The maximum absolute atomic E-state index is 6.33. The van der Waals surface area contributed by atoms with E-state index in [-0.39, 0.29) is 6.04 Å². The number of rotatable bonds is 3. The first kappa shape index (κ1) is 13.1. The van der Waals surface area contributed by atoms with Crippen molar-refractivity contribution in [1.29, 1.82) is 0 Å². The van der Waals surface area contributed by atoms with Crippen LogP contribution in [-0.4, -0.2) is 0 Å². The lowest BCUT2D eigenvalue weighted by Crippen LogP contribution is -2.16. The molecule has 18 heavy (non-hydrogen) atoms. The van der Waals surface area contributed by atoms with Gasteiger partial charge in [-0.15, -0.1) is 0 Å². The molecule has 0 aliphatic heterocycles. The molecule has 0 bridgehead atoms. The molecule has 2 aromatic carbocycles. The normalized spacial score (nSPS) is 12.4. The summed E-state index contributed by atoms with van der Waals surface area (Å²) in [7, 11) is 0. The predicted octanol–water partition coefficient (Wildman–Crippen LogP) is 4.20. The quantitative estimate of drug-likeness (QED) is 0.878. The molecule has 2 rings (SSSR count). The number of halogens is 1. The van der Waals surface area contributed by atoms with Gasteiger partial charge in [-0.05, 0) is 54.7 Å². The van der Waals surface area contributed by atoms with Crippen LogP contribution in [-0.2, 0) is 6.42 Å². The van der Waals surface area contributed by atoms with Gasteiger partial charge >= 0.3 is 0 Å². The molecular weight excluding hydrogens is 242 g/mol. The highest BCUT2D eigenvalue weighted by Gasteiger charge is 2.12. The van der Waals surface area contributed by atoms with E-state index in [1.807, 2.05) is 24.3 Å². The monoisotopic (exact) mass is 259 g/mol. The second kappa shape index (κ2) is 5.55. The van der Waals surface area contributed by atoms with Gasteiger partial charge in [-0.1, -0.05) is 41.9 Å². The molecule has 0 heterocycles. The van der Waals surface area contributed by atoms with E-state index in [0.717, 1.165) is 11.4 Å². The van der Waals surface area contributed by atoms with Crippen molar-refractivity contribution in [2.75, 3.05) is 0 Å². The van der Waals surface area contributed by atoms with Gasteiger partial charge in [0, 0.05) is 11.1 Å². The van der Waals surface area contributed by atoms with Gasteiger partial charge in [0.15, 0.2) is 0 Å². The van der Waals surface area contributed by atoms with Crippen LogP contribution in [0.3, 0.4) is 0 Å². The van der Waals surface area contributed by atoms with Crippen LogP contribution in [0.1, 0.15) is 28.3 Å². The maximum Gasteiger partial charge on any atom is 0.0406 e. The zero-order valence-electron chi connectivity index (χ0n) is 10.8. The molecule has 0 spiro atoms. The van der Waals surface area contributed by atoms with Crippen LogP contribution in [0.5, 0.6) is 0 Å². The molecule has 0 saturated carbocycles. The highest BCUT2D eigenvalue weighted by Crippen LogP contribution is 2.23.